The molecule has 2 aromatic heterocycles. The molecule has 14 heteroatoms. The fourth-order valence-corrected chi connectivity index (χ4v) is 7.21. The van der Waals surface area contributed by atoms with Gasteiger partial charge < -0.3 is 9.64 Å². The van der Waals surface area contributed by atoms with Crippen molar-refractivity contribution in [1.82, 2.24) is 19.5 Å². The van der Waals surface area contributed by atoms with Crippen LogP contribution in [0.3, 0.4) is 0 Å². The molecule has 1 aliphatic carbocycles. The lowest BCUT2D eigenvalue weighted by Gasteiger charge is -2.34. The Hall–Kier alpha value is -3.23. The van der Waals surface area contributed by atoms with Crippen LogP contribution in [0.4, 0.5) is 19.0 Å². The first-order chi connectivity index (χ1) is 20.1. The maximum Gasteiger partial charge on any atom is 0.396 e. The van der Waals surface area contributed by atoms with E-state index in [4.69, 9.17) is 9.72 Å². The summed E-state index contributed by atoms with van der Waals surface area (Å²) in [7, 11) is -3.13. The number of pyridine rings is 1. The summed E-state index contributed by atoms with van der Waals surface area (Å²) in [5.41, 5.74) is -1.59. The third-order valence-electron chi connectivity index (χ3n) is 8.59. The van der Waals surface area contributed by atoms with E-state index in [1.807, 2.05) is 0 Å². The molecule has 1 amide bonds. The Balaban J connectivity index is 1.43. The minimum absolute atomic E-state index is 0.00279. The summed E-state index contributed by atoms with van der Waals surface area (Å²) >= 11 is 0. The number of halogens is 3. The Morgan fingerprint density at radius 2 is 1.79 bits per heavy atom. The Labute approximate surface area is 252 Å². The van der Waals surface area contributed by atoms with Crippen LogP contribution in [-0.2, 0) is 21.4 Å². The van der Waals surface area contributed by atoms with Gasteiger partial charge in [-0.15, -0.1) is 0 Å². The number of anilines is 1. The normalized spacial score (nSPS) is 21.2. The van der Waals surface area contributed by atoms with Crippen molar-refractivity contribution in [1.29, 1.82) is 0 Å². The van der Waals surface area contributed by atoms with Crippen LogP contribution in [-0.4, -0.2) is 64.2 Å². The summed E-state index contributed by atoms with van der Waals surface area (Å²) in [4.78, 5) is 20.3. The van der Waals surface area contributed by atoms with Gasteiger partial charge in [-0.3, -0.25) is 4.79 Å². The molecular weight excluding hydrogens is 599 g/mol. The lowest BCUT2D eigenvalue weighted by molar-refractivity contribution is -0.202. The summed E-state index contributed by atoms with van der Waals surface area (Å²) in [5.74, 6) is -0.106. The van der Waals surface area contributed by atoms with Crippen LogP contribution in [0.25, 0.3) is 5.82 Å². The minimum atomic E-state index is -4.29. The zero-order valence-electron chi connectivity index (χ0n) is 24.6. The van der Waals surface area contributed by atoms with Crippen LogP contribution in [0.1, 0.15) is 56.1 Å². The molecule has 3 aromatic rings. The SMILES string of the molecule is CC1(C)C[C@](C)(C[SiH3])CN1c1nc(-n2ccc(COCC3(C(F)(F)F)CC3)n2)ccc1C(=O)NS(=O)(=O)c1ccccc1. The predicted molar refractivity (Wildman–Crippen MR) is 159 cm³/mol. The molecule has 2 aliphatic rings. The highest BCUT2D eigenvalue weighted by atomic mass is 32.2. The number of carbonyl (C=O) groups excluding carboxylic acids is 1. The van der Waals surface area contributed by atoms with E-state index in [1.165, 1.54) is 22.9 Å². The van der Waals surface area contributed by atoms with Gasteiger partial charge in [-0.25, -0.2) is 22.8 Å². The fourth-order valence-electron chi connectivity index (χ4n) is 5.75. The van der Waals surface area contributed by atoms with Gasteiger partial charge in [0.1, 0.15) is 5.82 Å². The summed E-state index contributed by atoms with van der Waals surface area (Å²) < 4.78 is 74.7. The second-order valence-electron chi connectivity index (χ2n) is 12.6. The molecule has 1 atom stereocenters. The number of alkyl halides is 3. The zero-order chi connectivity index (χ0) is 31.3. The summed E-state index contributed by atoms with van der Waals surface area (Å²) in [5, 5.41) is 4.44. The number of benzene rings is 1. The van der Waals surface area contributed by atoms with Crippen LogP contribution in [0, 0.1) is 10.8 Å². The third-order valence-corrected chi connectivity index (χ3v) is 11.6. The highest BCUT2D eigenvalue weighted by molar-refractivity contribution is 7.90. The van der Waals surface area contributed by atoms with Crippen molar-refractivity contribution < 1.29 is 31.1 Å². The van der Waals surface area contributed by atoms with Crippen LogP contribution >= 0.6 is 0 Å². The van der Waals surface area contributed by atoms with Gasteiger partial charge in [0.25, 0.3) is 15.9 Å². The molecule has 43 heavy (non-hydrogen) atoms. The monoisotopic (exact) mass is 635 g/mol. The molecule has 1 aromatic carbocycles. The Morgan fingerprint density at radius 1 is 1.09 bits per heavy atom. The summed E-state index contributed by atoms with van der Waals surface area (Å²) in [6.07, 6.45) is -1.67. The smallest absolute Gasteiger partial charge is 0.374 e. The van der Waals surface area contributed by atoms with Crippen molar-refractivity contribution in [3.05, 3.63) is 66.0 Å². The highest BCUT2D eigenvalue weighted by Gasteiger charge is 2.63. The van der Waals surface area contributed by atoms with Crippen molar-refractivity contribution in [2.45, 2.75) is 69.3 Å². The van der Waals surface area contributed by atoms with Crippen LogP contribution in [0.5, 0.6) is 0 Å². The number of ether oxygens (including phenoxy) is 1. The first-order valence-corrected chi connectivity index (χ1v) is 17.1. The largest absolute Gasteiger partial charge is 0.396 e. The molecule has 0 radical (unpaired) electrons. The molecular formula is C29H36F3N5O4SSi. The van der Waals surface area contributed by atoms with E-state index in [0.29, 0.717) is 23.9 Å². The number of hydrogen-bond acceptors (Lipinski definition) is 7. The number of rotatable bonds is 10. The topological polar surface area (TPSA) is 106 Å². The fraction of sp³-hybridized carbons (Fsp3) is 0.483. The summed E-state index contributed by atoms with van der Waals surface area (Å²) in [6, 6.07) is 13.4. The van der Waals surface area contributed by atoms with Crippen LogP contribution in [0.15, 0.2) is 59.6 Å². The van der Waals surface area contributed by atoms with Crippen molar-refractivity contribution in [2.24, 2.45) is 10.8 Å². The number of nitrogens with zero attached hydrogens (tertiary/aromatic N) is 4. The maximum atomic E-state index is 13.5. The second kappa shape index (κ2) is 11.0. The van der Waals surface area contributed by atoms with Gasteiger partial charge in [0, 0.05) is 28.5 Å². The molecule has 1 saturated carbocycles. The van der Waals surface area contributed by atoms with Gasteiger partial charge in [-0.05, 0) is 68.9 Å². The number of sulfonamides is 1. The van der Waals surface area contributed by atoms with Gasteiger partial charge in [0.2, 0.25) is 0 Å². The minimum Gasteiger partial charge on any atom is -0.374 e. The number of nitrogens with one attached hydrogen (secondary N) is 1. The van der Waals surface area contributed by atoms with Gasteiger partial charge in [0.05, 0.1) is 34.8 Å². The van der Waals surface area contributed by atoms with Crippen molar-refractivity contribution in [3.8, 4) is 5.82 Å². The first-order valence-electron chi connectivity index (χ1n) is 14.2. The number of carbonyl (C=O) groups is 1. The second-order valence-corrected chi connectivity index (χ2v) is 14.9. The van der Waals surface area contributed by atoms with E-state index in [-0.39, 0.29) is 40.9 Å². The average molecular weight is 636 g/mol. The van der Waals surface area contributed by atoms with Crippen molar-refractivity contribution in [2.75, 3.05) is 18.1 Å². The van der Waals surface area contributed by atoms with Gasteiger partial charge in [-0.1, -0.05) is 31.2 Å². The van der Waals surface area contributed by atoms with Crippen LogP contribution in [0.2, 0.25) is 6.04 Å². The van der Waals surface area contributed by atoms with Gasteiger partial charge in [-0.2, -0.15) is 18.3 Å². The number of amides is 1. The van der Waals surface area contributed by atoms with E-state index >= 15 is 0 Å². The third kappa shape index (κ3) is 6.36. The van der Waals surface area contributed by atoms with Crippen molar-refractivity contribution in [3.63, 3.8) is 0 Å². The zero-order valence-corrected chi connectivity index (χ0v) is 27.4. The Kier molecular flexibility index (Phi) is 8.01. The average Bonchev–Trinajstić information content (AvgIpc) is 3.52. The lowest BCUT2D eigenvalue weighted by atomic mass is 9.85. The molecule has 9 nitrogen and oxygen atoms in total. The molecule has 2 fully saturated rings. The molecule has 1 aliphatic heterocycles. The first kappa shape index (κ1) is 31.2. The van der Waals surface area contributed by atoms with E-state index < -0.39 is 34.1 Å². The molecule has 0 bridgehead atoms. The lowest BCUT2D eigenvalue weighted by Crippen LogP contribution is -2.41. The number of hydrogen-bond donors (Lipinski definition) is 1. The van der Waals surface area contributed by atoms with Gasteiger partial charge >= 0.3 is 6.18 Å². The predicted octanol–water partition coefficient (Wildman–Crippen LogP) is 4.02. The Morgan fingerprint density at radius 3 is 2.40 bits per heavy atom. The molecule has 0 unspecified atom stereocenters. The standard InChI is InChI=1S/C29H36F3N5O4SSi/c1-26(2)16-27(3,19-43)17-36(26)24-22(25(38)35-42(39,40)21-7-5-4-6-8-21)9-10-23(33-24)37-14-11-20(34-37)15-41-18-28(12-13-28)29(30,31)32/h4-11,14H,12-13,15-19H2,1-3,43H3,(H,35,38)/t27-/m0/s1. The summed E-state index contributed by atoms with van der Waals surface area (Å²) in [6.45, 7) is 6.48. The molecule has 0 spiro atoms. The van der Waals surface area contributed by atoms with Gasteiger partial charge in [0.15, 0.2) is 5.82 Å². The molecule has 1 saturated heterocycles. The highest BCUT2D eigenvalue weighted by Crippen LogP contribution is 2.57. The molecule has 3 heterocycles. The van der Waals surface area contributed by atoms with E-state index in [1.54, 1.807) is 36.5 Å². The molecule has 1 N–H and O–H groups in total. The quantitative estimate of drug-likeness (QED) is 0.336. The number of aromatic nitrogens is 3. The maximum absolute atomic E-state index is 13.5. The van der Waals surface area contributed by atoms with Crippen molar-refractivity contribution >= 4 is 32.0 Å². The van der Waals surface area contributed by atoms with E-state index in [0.717, 1.165) is 22.7 Å². The Bertz CT molecular complexity index is 1610. The molecule has 5 rings (SSSR count). The van der Waals surface area contributed by atoms with E-state index in [2.05, 4.69) is 35.5 Å². The molecule has 232 valence electrons. The van der Waals surface area contributed by atoms with Crippen LogP contribution < -0.4 is 9.62 Å². The van der Waals surface area contributed by atoms with E-state index in [9.17, 15) is 26.4 Å².